The molecule has 1 nitrogen and oxygen atoms in total. The molecule has 0 fully saturated rings. The minimum absolute atomic E-state index is 0.0347. The molecule has 1 aromatic rings. The van der Waals surface area contributed by atoms with Crippen molar-refractivity contribution in [1.29, 1.82) is 0 Å². The predicted octanol–water partition coefficient (Wildman–Crippen LogP) is 3.83. The molecule has 0 aliphatic carbocycles. The molecule has 0 heterocycles. The van der Waals surface area contributed by atoms with Crippen LogP contribution in [-0.2, 0) is 0 Å². The van der Waals surface area contributed by atoms with Crippen molar-refractivity contribution in [3.63, 3.8) is 0 Å². The molecule has 0 saturated heterocycles. The summed E-state index contributed by atoms with van der Waals surface area (Å²) in [5.41, 5.74) is -0.731. The maximum absolute atomic E-state index is 12.9. The molecule has 0 amide bonds. The van der Waals surface area contributed by atoms with E-state index in [-0.39, 0.29) is 11.1 Å². The number of rotatable bonds is 2. The molecule has 1 aromatic carbocycles. The molecule has 92 valence electrons. The molecule has 0 atom stereocenters. The molecule has 0 saturated carbocycles. The Kier molecular flexibility index (Phi) is 3.70. The van der Waals surface area contributed by atoms with Crippen LogP contribution in [-0.4, -0.2) is 12.0 Å². The maximum atomic E-state index is 12.9. The zero-order valence-corrected chi connectivity index (χ0v) is 9.23. The van der Waals surface area contributed by atoms with Crippen LogP contribution in [0.2, 0.25) is 0 Å². The predicted molar refractivity (Wildman–Crippen MR) is 55.3 cm³/mol. The van der Waals surface area contributed by atoms with E-state index in [2.05, 4.69) is 0 Å². The molecule has 0 N–H and O–H groups in total. The van der Waals surface area contributed by atoms with Crippen molar-refractivity contribution in [3.8, 4) is 0 Å². The second kappa shape index (κ2) is 4.69. The second-order valence-corrected chi connectivity index (χ2v) is 3.65. The maximum Gasteiger partial charge on any atom is 0.412 e. The van der Waals surface area contributed by atoms with Crippen LogP contribution in [0.3, 0.4) is 0 Å². The summed E-state index contributed by atoms with van der Waals surface area (Å²) in [7, 11) is 0. The summed E-state index contributed by atoms with van der Waals surface area (Å²) in [6.45, 7) is 2.25. The van der Waals surface area contributed by atoms with Gasteiger partial charge < -0.3 is 0 Å². The quantitative estimate of drug-likeness (QED) is 0.440. The second-order valence-electron chi connectivity index (χ2n) is 3.65. The smallest absolute Gasteiger partial charge is 0.289 e. The lowest BCUT2D eigenvalue weighted by molar-refractivity contribution is -0.0913. The van der Waals surface area contributed by atoms with Gasteiger partial charge >= 0.3 is 6.18 Å². The molecule has 0 unspecified atom stereocenters. The minimum atomic E-state index is -4.52. The Morgan fingerprint density at radius 3 is 2.35 bits per heavy atom. The van der Waals surface area contributed by atoms with E-state index < -0.39 is 23.3 Å². The van der Waals surface area contributed by atoms with E-state index >= 15 is 0 Å². The van der Waals surface area contributed by atoms with Crippen LogP contribution in [0.4, 0.5) is 17.6 Å². The van der Waals surface area contributed by atoms with Gasteiger partial charge in [0.2, 0.25) is 0 Å². The number of allylic oxidation sites excluding steroid dienone is 2. The zero-order chi connectivity index (χ0) is 13.2. The number of halogens is 4. The number of hydrogen-bond donors (Lipinski definition) is 0. The summed E-state index contributed by atoms with van der Waals surface area (Å²) < 4.78 is 49.5. The first-order chi connectivity index (χ1) is 7.71. The molecule has 0 spiro atoms. The van der Waals surface area contributed by atoms with Gasteiger partial charge in [-0.05, 0) is 43.7 Å². The van der Waals surface area contributed by atoms with Crippen molar-refractivity contribution in [2.24, 2.45) is 0 Å². The van der Waals surface area contributed by atoms with Gasteiger partial charge in [-0.15, -0.1) is 0 Å². The molecular formula is C12H10F4O. The number of benzene rings is 1. The van der Waals surface area contributed by atoms with Crippen molar-refractivity contribution >= 4 is 5.78 Å². The normalized spacial score (nSPS) is 12.7. The highest BCUT2D eigenvalue weighted by molar-refractivity contribution is 6.05. The highest BCUT2D eigenvalue weighted by Crippen LogP contribution is 2.25. The Labute approximate surface area is 95.8 Å². The highest BCUT2D eigenvalue weighted by Gasteiger charge is 2.30. The van der Waals surface area contributed by atoms with E-state index in [0.29, 0.717) is 6.08 Å². The number of carbonyl (C=O) groups is 1. The topological polar surface area (TPSA) is 17.1 Å². The van der Waals surface area contributed by atoms with Crippen molar-refractivity contribution in [3.05, 3.63) is 46.8 Å². The van der Waals surface area contributed by atoms with Gasteiger partial charge in [-0.3, -0.25) is 4.79 Å². The van der Waals surface area contributed by atoms with Gasteiger partial charge in [-0.1, -0.05) is 0 Å². The monoisotopic (exact) mass is 246 g/mol. The van der Waals surface area contributed by atoms with Gasteiger partial charge in [0.05, 0.1) is 0 Å². The van der Waals surface area contributed by atoms with Crippen LogP contribution in [0.1, 0.15) is 22.8 Å². The standard InChI is InChI=1S/C12H10F4O/c1-7-5-9(3-4-10(7)13)11(17)6-8(2)12(14,15)16/h3-6H,1-2H3/b8-6+. The third-order valence-electron chi connectivity index (χ3n) is 2.24. The summed E-state index contributed by atoms with van der Waals surface area (Å²) in [5, 5.41) is 0. The molecule has 5 heteroatoms. The summed E-state index contributed by atoms with van der Waals surface area (Å²) >= 11 is 0. The number of hydrogen-bond acceptors (Lipinski definition) is 1. The number of aryl methyl sites for hydroxylation is 1. The van der Waals surface area contributed by atoms with Gasteiger partial charge in [0.1, 0.15) is 5.82 Å². The fourth-order valence-electron chi connectivity index (χ4n) is 1.16. The van der Waals surface area contributed by atoms with Crippen LogP contribution in [0.5, 0.6) is 0 Å². The number of ketones is 1. The molecule has 0 aliphatic rings. The minimum Gasteiger partial charge on any atom is -0.289 e. The molecular weight excluding hydrogens is 236 g/mol. The van der Waals surface area contributed by atoms with Crippen molar-refractivity contribution in [1.82, 2.24) is 0 Å². The van der Waals surface area contributed by atoms with Crippen LogP contribution in [0.15, 0.2) is 29.8 Å². The first kappa shape index (κ1) is 13.4. The zero-order valence-electron chi connectivity index (χ0n) is 9.23. The third kappa shape index (κ3) is 3.41. The largest absolute Gasteiger partial charge is 0.412 e. The Morgan fingerprint density at radius 2 is 1.88 bits per heavy atom. The molecule has 0 aromatic heterocycles. The van der Waals surface area contributed by atoms with Gasteiger partial charge in [0, 0.05) is 11.1 Å². The summed E-state index contributed by atoms with van der Waals surface area (Å²) in [4.78, 5) is 11.5. The first-order valence-electron chi connectivity index (χ1n) is 4.78. The lowest BCUT2D eigenvalue weighted by Gasteiger charge is -2.06. The van der Waals surface area contributed by atoms with E-state index in [1.165, 1.54) is 13.0 Å². The average molecular weight is 246 g/mol. The van der Waals surface area contributed by atoms with Crippen LogP contribution in [0, 0.1) is 12.7 Å². The third-order valence-corrected chi connectivity index (χ3v) is 2.24. The van der Waals surface area contributed by atoms with Crippen molar-refractivity contribution < 1.29 is 22.4 Å². The highest BCUT2D eigenvalue weighted by atomic mass is 19.4. The molecule has 0 radical (unpaired) electrons. The average Bonchev–Trinajstić information content (AvgIpc) is 2.20. The Hall–Kier alpha value is -1.65. The Balaban J connectivity index is 3.02. The van der Waals surface area contributed by atoms with Crippen LogP contribution in [0.25, 0.3) is 0 Å². The van der Waals surface area contributed by atoms with E-state index in [9.17, 15) is 22.4 Å². The summed E-state index contributed by atoms with van der Waals surface area (Å²) in [6.07, 6.45) is -4.02. The molecule has 0 aliphatic heterocycles. The van der Waals surface area contributed by atoms with Gasteiger partial charge in [-0.25, -0.2) is 4.39 Å². The first-order valence-corrected chi connectivity index (χ1v) is 4.78. The van der Waals surface area contributed by atoms with Crippen LogP contribution >= 0.6 is 0 Å². The van der Waals surface area contributed by atoms with Crippen molar-refractivity contribution in [2.75, 3.05) is 0 Å². The van der Waals surface area contributed by atoms with Gasteiger partial charge in [0.15, 0.2) is 5.78 Å². The Morgan fingerprint density at radius 1 is 1.29 bits per heavy atom. The lowest BCUT2D eigenvalue weighted by atomic mass is 10.1. The molecule has 0 bridgehead atoms. The molecule has 17 heavy (non-hydrogen) atoms. The fourth-order valence-corrected chi connectivity index (χ4v) is 1.16. The van der Waals surface area contributed by atoms with E-state index in [4.69, 9.17) is 0 Å². The van der Waals surface area contributed by atoms with E-state index in [1.54, 1.807) is 0 Å². The van der Waals surface area contributed by atoms with Crippen molar-refractivity contribution in [2.45, 2.75) is 20.0 Å². The number of carbonyl (C=O) groups excluding carboxylic acids is 1. The van der Waals surface area contributed by atoms with Crippen LogP contribution < -0.4 is 0 Å². The lowest BCUT2D eigenvalue weighted by Crippen LogP contribution is -2.11. The fraction of sp³-hybridized carbons (Fsp3) is 0.250. The van der Waals surface area contributed by atoms with Gasteiger partial charge in [-0.2, -0.15) is 13.2 Å². The van der Waals surface area contributed by atoms with Gasteiger partial charge in [0.25, 0.3) is 0 Å². The Bertz CT molecular complexity index is 472. The summed E-state index contributed by atoms with van der Waals surface area (Å²) in [6, 6.07) is 3.43. The van der Waals surface area contributed by atoms with E-state index in [0.717, 1.165) is 19.1 Å². The summed E-state index contributed by atoms with van der Waals surface area (Å²) in [5.74, 6) is -1.29. The molecule has 1 rings (SSSR count). The number of alkyl halides is 3. The van der Waals surface area contributed by atoms with E-state index in [1.807, 2.05) is 0 Å². The SMILES string of the molecule is C/C(=C\C(=O)c1ccc(F)c(C)c1)C(F)(F)F.